The third kappa shape index (κ3) is 4.05. The van der Waals surface area contributed by atoms with Crippen molar-refractivity contribution in [2.45, 2.75) is 30.3 Å². The van der Waals surface area contributed by atoms with Gasteiger partial charge in [0.05, 0.1) is 17.6 Å². The Morgan fingerprint density at radius 2 is 2.00 bits per heavy atom. The monoisotopic (exact) mass is 309 g/mol. The van der Waals surface area contributed by atoms with E-state index in [2.05, 4.69) is 11.8 Å². The highest BCUT2D eigenvalue weighted by atomic mass is 32.2. The Hall–Kier alpha value is -1.39. The lowest BCUT2D eigenvalue weighted by Crippen LogP contribution is -2.42. The molecule has 1 aliphatic heterocycles. The van der Waals surface area contributed by atoms with Crippen LogP contribution in [0.25, 0.3) is 0 Å². The Labute approximate surface area is 125 Å². The van der Waals surface area contributed by atoms with Gasteiger partial charge in [-0.1, -0.05) is 11.8 Å². The van der Waals surface area contributed by atoms with E-state index in [1.807, 2.05) is 0 Å². The van der Waals surface area contributed by atoms with Crippen LogP contribution in [-0.2, 0) is 10.0 Å². The van der Waals surface area contributed by atoms with Crippen LogP contribution in [-0.4, -0.2) is 48.7 Å². The summed E-state index contributed by atoms with van der Waals surface area (Å²) in [5.41, 5.74) is 0.709. The molecular formula is C15H19NO4S. The second-order valence-corrected chi connectivity index (χ2v) is 6.90. The molecular weight excluding hydrogens is 290 g/mol. The molecule has 2 N–H and O–H groups in total. The molecule has 0 radical (unpaired) electrons. The number of hydrogen-bond acceptors (Lipinski definition) is 4. The molecule has 1 atom stereocenters. The average Bonchev–Trinajstić information content (AvgIpc) is 2.48. The predicted octanol–water partition coefficient (Wildman–Crippen LogP) is 0.566. The maximum Gasteiger partial charge on any atom is 0.243 e. The molecule has 1 heterocycles. The van der Waals surface area contributed by atoms with Crippen molar-refractivity contribution in [3.8, 4) is 11.8 Å². The number of piperidine rings is 1. The summed E-state index contributed by atoms with van der Waals surface area (Å²) in [4.78, 5) is 0.212. The van der Waals surface area contributed by atoms with Crippen molar-refractivity contribution < 1.29 is 18.6 Å². The first kappa shape index (κ1) is 16.0. The summed E-state index contributed by atoms with van der Waals surface area (Å²) in [6.07, 6.45) is 1.12. The van der Waals surface area contributed by atoms with Gasteiger partial charge in [0.2, 0.25) is 10.0 Å². The highest BCUT2D eigenvalue weighted by molar-refractivity contribution is 7.89. The first-order chi connectivity index (χ1) is 10.0. The van der Waals surface area contributed by atoms with Crippen LogP contribution in [0.5, 0.6) is 0 Å². The van der Waals surface area contributed by atoms with E-state index in [1.54, 1.807) is 12.1 Å². The molecule has 0 spiro atoms. The number of nitrogens with zero attached hydrogens (tertiary/aromatic N) is 1. The van der Waals surface area contributed by atoms with Gasteiger partial charge in [0.1, 0.15) is 0 Å². The van der Waals surface area contributed by atoms with Crippen LogP contribution in [0.4, 0.5) is 0 Å². The lowest BCUT2D eigenvalue weighted by atomic mass is 10.1. The third-order valence-corrected chi connectivity index (χ3v) is 5.20. The Morgan fingerprint density at radius 3 is 2.62 bits per heavy atom. The van der Waals surface area contributed by atoms with Gasteiger partial charge in [-0.2, -0.15) is 4.31 Å². The van der Waals surface area contributed by atoms with Crippen molar-refractivity contribution in [3.05, 3.63) is 29.8 Å². The van der Waals surface area contributed by atoms with Gasteiger partial charge in [-0.25, -0.2) is 8.42 Å². The topological polar surface area (TPSA) is 77.8 Å². The van der Waals surface area contributed by atoms with Crippen LogP contribution in [0.2, 0.25) is 0 Å². The van der Waals surface area contributed by atoms with Gasteiger partial charge < -0.3 is 10.2 Å². The van der Waals surface area contributed by atoms with Gasteiger partial charge in [0.25, 0.3) is 0 Å². The molecule has 1 unspecified atom stereocenters. The van der Waals surface area contributed by atoms with Crippen molar-refractivity contribution in [3.63, 3.8) is 0 Å². The molecule has 114 valence electrons. The number of sulfonamides is 1. The summed E-state index contributed by atoms with van der Waals surface area (Å²) < 4.78 is 26.2. The minimum absolute atomic E-state index is 0.0107. The van der Waals surface area contributed by atoms with Crippen molar-refractivity contribution in [2.75, 3.05) is 19.7 Å². The zero-order valence-electron chi connectivity index (χ0n) is 11.7. The molecule has 6 heteroatoms. The van der Waals surface area contributed by atoms with Gasteiger partial charge in [-0.15, -0.1) is 0 Å². The predicted molar refractivity (Wildman–Crippen MR) is 79.0 cm³/mol. The Bertz CT molecular complexity index is 628. The smallest absolute Gasteiger partial charge is 0.243 e. The van der Waals surface area contributed by atoms with Crippen molar-refractivity contribution >= 4 is 10.0 Å². The fourth-order valence-electron chi connectivity index (χ4n) is 2.22. The van der Waals surface area contributed by atoms with E-state index in [-0.39, 0.29) is 18.0 Å². The molecule has 0 aromatic heterocycles. The summed E-state index contributed by atoms with van der Waals surface area (Å²) in [6, 6.07) is 6.35. The minimum atomic E-state index is -3.55. The zero-order chi connectivity index (χ0) is 15.3. The average molecular weight is 309 g/mol. The van der Waals surface area contributed by atoms with Gasteiger partial charge in [0.15, 0.2) is 0 Å². The Kier molecular flexibility index (Phi) is 5.37. The second kappa shape index (κ2) is 7.05. The van der Waals surface area contributed by atoms with E-state index >= 15 is 0 Å². The van der Waals surface area contributed by atoms with E-state index in [4.69, 9.17) is 5.11 Å². The van der Waals surface area contributed by atoms with Gasteiger partial charge in [0, 0.05) is 25.1 Å². The van der Waals surface area contributed by atoms with Crippen molar-refractivity contribution in [2.24, 2.45) is 0 Å². The normalized spacial score (nSPS) is 19.8. The van der Waals surface area contributed by atoms with Crippen LogP contribution in [0, 0.1) is 11.8 Å². The van der Waals surface area contributed by atoms with Crippen LogP contribution in [0.15, 0.2) is 29.2 Å². The number of rotatable bonds is 3. The Balaban J connectivity index is 2.15. The highest BCUT2D eigenvalue weighted by Crippen LogP contribution is 2.21. The van der Waals surface area contributed by atoms with Gasteiger partial charge in [-0.3, -0.25) is 0 Å². The first-order valence-corrected chi connectivity index (χ1v) is 8.36. The molecule has 5 nitrogen and oxygen atoms in total. The molecule has 0 aliphatic carbocycles. The number of hydrogen-bond donors (Lipinski definition) is 2. The third-order valence-electron chi connectivity index (χ3n) is 3.32. The maximum absolute atomic E-state index is 12.5. The molecule has 2 rings (SSSR count). The molecule has 21 heavy (non-hydrogen) atoms. The van der Waals surface area contributed by atoms with E-state index < -0.39 is 16.1 Å². The molecule has 1 fully saturated rings. The summed E-state index contributed by atoms with van der Waals surface area (Å²) >= 11 is 0. The van der Waals surface area contributed by atoms with Crippen LogP contribution >= 0.6 is 0 Å². The molecule has 0 bridgehead atoms. The summed E-state index contributed by atoms with van der Waals surface area (Å²) in [7, 11) is -3.55. The van der Waals surface area contributed by atoms with Crippen LogP contribution in [0.3, 0.4) is 0 Å². The molecule has 1 aromatic rings. The van der Waals surface area contributed by atoms with E-state index in [0.717, 1.165) is 0 Å². The van der Waals surface area contributed by atoms with Crippen LogP contribution < -0.4 is 0 Å². The first-order valence-electron chi connectivity index (χ1n) is 6.92. The molecule has 0 amide bonds. The summed E-state index contributed by atoms with van der Waals surface area (Å²) in [5.74, 6) is 5.64. The largest absolute Gasteiger partial charge is 0.395 e. The number of aliphatic hydroxyl groups is 2. The van der Waals surface area contributed by atoms with Gasteiger partial charge >= 0.3 is 0 Å². The molecule has 1 aromatic carbocycles. The second-order valence-electron chi connectivity index (χ2n) is 4.96. The lowest BCUT2D eigenvalue weighted by Gasteiger charge is -2.29. The van der Waals surface area contributed by atoms with Crippen LogP contribution in [0.1, 0.15) is 24.8 Å². The zero-order valence-corrected chi connectivity index (χ0v) is 12.5. The van der Waals surface area contributed by atoms with Crippen molar-refractivity contribution in [1.82, 2.24) is 4.31 Å². The quantitative estimate of drug-likeness (QED) is 0.800. The standard InChI is InChI=1S/C15H19NO4S/c17-11-2-1-4-13-6-8-15(9-7-13)21(19,20)16-10-3-5-14(18)12-16/h6-9,14,17-18H,2-3,5,10-12H2. The molecule has 1 aliphatic rings. The van der Waals surface area contributed by atoms with Crippen molar-refractivity contribution in [1.29, 1.82) is 0 Å². The van der Waals surface area contributed by atoms with E-state index in [9.17, 15) is 13.5 Å². The fraction of sp³-hybridized carbons (Fsp3) is 0.467. The van der Waals surface area contributed by atoms with Gasteiger partial charge in [-0.05, 0) is 37.1 Å². The lowest BCUT2D eigenvalue weighted by molar-refractivity contribution is 0.108. The highest BCUT2D eigenvalue weighted by Gasteiger charge is 2.29. The fourth-order valence-corrected chi connectivity index (χ4v) is 3.73. The number of aliphatic hydroxyl groups excluding tert-OH is 2. The summed E-state index contributed by atoms with van der Waals surface area (Å²) in [6.45, 7) is 0.606. The number of β-amino-alcohol motifs (C(OH)–C–C–N with tert-alkyl or cyclic N) is 1. The van der Waals surface area contributed by atoms with E-state index in [0.29, 0.717) is 31.4 Å². The number of benzene rings is 1. The summed E-state index contributed by atoms with van der Waals surface area (Å²) in [5, 5.41) is 18.3. The molecule has 1 saturated heterocycles. The molecule has 0 saturated carbocycles. The Morgan fingerprint density at radius 1 is 1.29 bits per heavy atom. The van der Waals surface area contributed by atoms with E-state index in [1.165, 1.54) is 16.4 Å². The maximum atomic E-state index is 12.5. The SMILES string of the molecule is O=S(=O)(c1ccc(C#CCCO)cc1)N1CCCC(O)C1. The minimum Gasteiger partial charge on any atom is -0.395 e.